The molecule has 0 spiro atoms. The normalized spacial score (nSPS) is 21.7. The average molecular weight is 319 g/mol. The van der Waals surface area contributed by atoms with E-state index in [1.807, 2.05) is 12.4 Å². The van der Waals surface area contributed by atoms with E-state index in [0.717, 1.165) is 35.4 Å². The van der Waals surface area contributed by atoms with Crippen molar-refractivity contribution < 1.29 is 5.11 Å². The fraction of sp³-hybridized carbons (Fsp3) is 0.600. The maximum atomic E-state index is 9.13. The van der Waals surface area contributed by atoms with Gasteiger partial charge in [-0.1, -0.05) is 0 Å². The van der Waals surface area contributed by atoms with Crippen LogP contribution in [0.4, 0.5) is 5.95 Å². The monoisotopic (exact) mass is 319 g/mol. The number of nitrogens with zero attached hydrogens (tertiary/aromatic N) is 3. The van der Waals surface area contributed by atoms with E-state index in [2.05, 4.69) is 37.5 Å². The molecule has 5 heteroatoms. The van der Waals surface area contributed by atoms with Crippen molar-refractivity contribution in [2.45, 2.75) is 12.8 Å². The minimum absolute atomic E-state index is 0.265. The number of aromatic nitrogens is 2. The molecule has 0 aromatic carbocycles. The van der Waals surface area contributed by atoms with Crippen LogP contribution < -0.4 is 4.90 Å². The van der Waals surface area contributed by atoms with Gasteiger partial charge in [0.1, 0.15) is 0 Å². The van der Waals surface area contributed by atoms with Crippen LogP contribution in [0.25, 0.3) is 0 Å². The van der Waals surface area contributed by atoms with Gasteiger partial charge in [0.15, 0.2) is 0 Å². The van der Waals surface area contributed by atoms with Crippen molar-refractivity contribution in [3.05, 3.63) is 16.0 Å². The van der Waals surface area contributed by atoms with E-state index in [-0.39, 0.29) is 6.61 Å². The minimum Gasteiger partial charge on any atom is -0.396 e. The minimum atomic E-state index is 0.265. The number of aliphatic hydroxyl groups excluding tert-OH is 1. The lowest BCUT2D eigenvalue weighted by atomic mass is 9.99. The van der Waals surface area contributed by atoms with Crippen LogP contribution in [0.2, 0.25) is 0 Å². The van der Waals surface area contributed by atoms with Crippen LogP contribution in [0.1, 0.15) is 12.8 Å². The number of halogens is 1. The Labute approximate surface area is 103 Å². The Kier molecular flexibility index (Phi) is 3.74. The first-order valence-corrected chi connectivity index (χ1v) is 6.21. The summed E-state index contributed by atoms with van der Waals surface area (Å²) < 4.78 is 1.05. The van der Waals surface area contributed by atoms with Gasteiger partial charge in [-0.05, 0) is 41.4 Å². The zero-order valence-corrected chi connectivity index (χ0v) is 10.6. The second kappa shape index (κ2) is 5.07. The molecule has 2 rings (SSSR count). The highest BCUT2D eigenvalue weighted by Crippen LogP contribution is 2.19. The summed E-state index contributed by atoms with van der Waals surface area (Å²) in [6.45, 7) is 2.13. The van der Waals surface area contributed by atoms with Gasteiger partial charge in [0, 0.05) is 35.7 Å². The van der Waals surface area contributed by atoms with Gasteiger partial charge in [-0.2, -0.15) is 0 Å². The maximum absolute atomic E-state index is 9.13. The summed E-state index contributed by atoms with van der Waals surface area (Å²) in [5, 5.41) is 9.13. The number of aliphatic hydroxyl groups is 1. The van der Waals surface area contributed by atoms with Crippen LogP contribution in [-0.2, 0) is 0 Å². The van der Waals surface area contributed by atoms with Crippen LogP contribution in [0.15, 0.2) is 12.4 Å². The fourth-order valence-electron chi connectivity index (χ4n) is 1.86. The van der Waals surface area contributed by atoms with Gasteiger partial charge in [0.05, 0.1) is 0 Å². The Balaban J connectivity index is 2.06. The van der Waals surface area contributed by atoms with Crippen molar-refractivity contribution >= 4 is 28.5 Å². The summed E-state index contributed by atoms with van der Waals surface area (Å²) in [4.78, 5) is 10.7. The van der Waals surface area contributed by atoms with Crippen molar-refractivity contribution in [1.29, 1.82) is 0 Å². The quantitative estimate of drug-likeness (QED) is 0.835. The van der Waals surface area contributed by atoms with E-state index < -0.39 is 0 Å². The van der Waals surface area contributed by atoms with Gasteiger partial charge in [0.25, 0.3) is 0 Å². The molecule has 82 valence electrons. The van der Waals surface area contributed by atoms with Crippen molar-refractivity contribution in [2.75, 3.05) is 24.6 Å². The Bertz CT molecular complexity index is 317. The lowest BCUT2D eigenvalue weighted by Crippen LogP contribution is -2.37. The van der Waals surface area contributed by atoms with Crippen molar-refractivity contribution in [1.82, 2.24) is 9.97 Å². The van der Waals surface area contributed by atoms with Crippen LogP contribution in [0, 0.1) is 9.49 Å². The Morgan fingerprint density at radius 1 is 1.47 bits per heavy atom. The van der Waals surface area contributed by atoms with Crippen molar-refractivity contribution in [3.63, 3.8) is 0 Å². The Morgan fingerprint density at radius 2 is 2.20 bits per heavy atom. The predicted molar refractivity (Wildman–Crippen MR) is 66.8 cm³/mol. The second-order valence-electron chi connectivity index (χ2n) is 3.84. The van der Waals surface area contributed by atoms with E-state index in [9.17, 15) is 0 Å². The highest BCUT2D eigenvalue weighted by molar-refractivity contribution is 14.1. The molecule has 1 aliphatic heterocycles. The third-order valence-corrected chi connectivity index (χ3v) is 3.22. The summed E-state index contributed by atoms with van der Waals surface area (Å²) in [6, 6.07) is 0. The summed E-state index contributed by atoms with van der Waals surface area (Å²) in [6.07, 6.45) is 5.87. The average Bonchev–Trinajstić information content (AvgIpc) is 2.30. The Morgan fingerprint density at radius 3 is 2.87 bits per heavy atom. The lowest BCUT2D eigenvalue weighted by molar-refractivity contribution is 0.208. The topological polar surface area (TPSA) is 49.2 Å². The molecule has 0 amide bonds. The first kappa shape index (κ1) is 11.1. The van der Waals surface area contributed by atoms with Crippen LogP contribution in [0.3, 0.4) is 0 Å². The van der Waals surface area contributed by atoms with Gasteiger partial charge in [0.2, 0.25) is 5.95 Å². The van der Waals surface area contributed by atoms with Crippen LogP contribution in [-0.4, -0.2) is 34.8 Å². The molecule has 0 aliphatic carbocycles. The molecular formula is C10H14IN3O. The first-order chi connectivity index (χ1) is 7.29. The molecule has 1 N–H and O–H groups in total. The molecule has 1 aromatic heterocycles. The highest BCUT2D eigenvalue weighted by atomic mass is 127. The summed E-state index contributed by atoms with van der Waals surface area (Å²) >= 11 is 2.20. The molecule has 1 fully saturated rings. The molecule has 1 aromatic rings. The molecule has 1 saturated heterocycles. The summed E-state index contributed by atoms with van der Waals surface area (Å²) in [7, 11) is 0. The molecule has 0 saturated carbocycles. The molecule has 1 aliphatic rings. The number of hydrogen-bond donors (Lipinski definition) is 1. The number of piperidine rings is 1. The van der Waals surface area contributed by atoms with Gasteiger partial charge < -0.3 is 10.0 Å². The molecule has 0 radical (unpaired) electrons. The molecule has 0 bridgehead atoms. The fourth-order valence-corrected chi connectivity index (χ4v) is 2.14. The standard InChI is InChI=1S/C10H14IN3O/c11-9-4-12-10(13-5-9)14-3-1-2-8(6-14)7-15/h4-5,8,15H,1-3,6-7H2. The molecular weight excluding hydrogens is 305 g/mol. The van der Waals surface area contributed by atoms with E-state index in [1.165, 1.54) is 0 Å². The molecule has 1 atom stereocenters. The summed E-state index contributed by atoms with van der Waals surface area (Å²) in [5.41, 5.74) is 0. The zero-order chi connectivity index (χ0) is 10.7. The number of rotatable bonds is 2. The van der Waals surface area contributed by atoms with Crippen LogP contribution >= 0.6 is 22.6 Å². The second-order valence-corrected chi connectivity index (χ2v) is 5.08. The van der Waals surface area contributed by atoms with Gasteiger partial charge in [-0.15, -0.1) is 0 Å². The maximum Gasteiger partial charge on any atom is 0.225 e. The van der Waals surface area contributed by atoms with Crippen LogP contribution in [0.5, 0.6) is 0 Å². The zero-order valence-electron chi connectivity index (χ0n) is 8.43. The third kappa shape index (κ3) is 2.78. The smallest absolute Gasteiger partial charge is 0.225 e. The van der Waals surface area contributed by atoms with Gasteiger partial charge in [-0.25, -0.2) is 9.97 Å². The molecule has 15 heavy (non-hydrogen) atoms. The molecule has 4 nitrogen and oxygen atoms in total. The molecule has 2 heterocycles. The lowest BCUT2D eigenvalue weighted by Gasteiger charge is -2.31. The predicted octanol–water partition coefficient (Wildman–Crippen LogP) is 1.29. The van der Waals surface area contributed by atoms with Gasteiger partial charge in [-0.3, -0.25) is 0 Å². The number of hydrogen-bond acceptors (Lipinski definition) is 4. The number of anilines is 1. The Hall–Kier alpha value is -0.430. The highest BCUT2D eigenvalue weighted by Gasteiger charge is 2.20. The van der Waals surface area contributed by atoms with Crippen molar-refractivity contribution in [3.8, 4) is 0 Å². The van der Waals surface area contributed by atoms with E-state index >= 15 is 0 Å². The first-order valence-electron chi connectivity index (χ1n) is 5.13. The van der Waals surface area contributed by atoms with E-state index in [4.69, 9.17) is 5.11 Å². The van der Waals surface area contributed by atoms with Crippen molar-refractivity contribution in [2.24, 2.45) is 5.92 Å². The SMILES string of the molecule is OCC1CCCN(c2ncc(I)cn2)C1. The largest absolute Gasteiger partial charge is 0.396 e. The molecule has 1 unspecified atom stereocenters. The summed E-state index contributed by atoms with van der Waals surface area (Å²) in [5.74, 6) is 1.16. The van der Waals surface area contributed by atoms with E-state index in [0.29, 0.717) is 5.92 Å². The van der Waals surface area contributed by atoms with E-state index in [1.54, 1.807) is 0 Å². The van der Waals surface area contributed by atoms with Gasteiger partial charge >= 0.3 is 0 Å². The third-order valence-electron chi connectivity index (χ3n) is 2.67.